The third-order valence-electron chi connectivity index (χ3n) is 1.21. The third-order valence-corrected chi connectivity index (χ3v) is 2.19. The first kappa shape index (κ1) is 8.88. The molecule has 0 saturated carbocycles. The van der Waals surface area contributed by atoms with Gasteiger partial charge < -0.3 is 0 Å². The molecule has 0 fully saturated rings. The van der Waals surface area contributed by atoms with Gasteiger partial charge in [0.2, 0.25) is 0 Å². The van der Waals surface area contributed by atoms with E-state index in [4.69, 9.17) is 11.6 Å². The second-order valence-electron chi connectivity index (χ2n) is 2.24. The molecule has 0 spiro atoms. The van der Waals surface area contributed by atoms with Crippen LogP contribution in [0.2, 0.25) is 5.15 Å². The van der Waals surface area contributed by atoms with E-state index in [-0.39, 0.29) is 0 Å². The minimum absolute atomic E-state index is 0.584. The van der Waals surface area contributed by atoms with Gasteiger partial charge in [-0.2, -0.15) is 0 Å². The Balaban J connectivity index is 2.89. The van der Waals surface area contributed by atoms with Crippen molar-refractivity contribution in [2.45, 2.75) is 18.9 Å². The van der Waals surface area contributed by atoms with Crippen molar-refractivity contribution in [1.29, 1.82) is 0 Å². The molecule has 0 aliphatic heterocycles. The minimum atomic E-state index is 0.584. The summed E-state index contributed by atoms with van der Waals surface area (Å²) in [6.45, 7) is 4.12. The fraction of sp³-hybridized carbons (Fsp3) is 0.375. The van der Waals surface area contributed by atoms with Gasteiger partial charge in [-0.1, -0.05) is 18.5 Å². The van der Waals surface area contributed by atoms with E-state index in [0.29, 0.717) is 5.15 Å². The predicted octanol–water partition coefficient (Wildman–Crippen LogP) is 3.16. The number of rotatable bonds is 2. The van der Waals surface area contributed by atoms with Gasteiger partial charge in [0.05, 0.1) is 5.03 Å². The fourth-order valence-electron chi connectivity index (χ4n) is 0.816. The van der Waals surface area contributed by atoms with E-state index in [1.807, 2.05) is 19.1 Å². The summed E-state index contributed by atoms with van der Waals surface area (Å²) in [4.78, 5) is 4.15. The van der Waals surface area contributed by atoms with Gasteiger partial charge in [0.15, 0.2) is 0 Å². The maximum atomic E-state index is 5.76. The van der Waals surface area contributed by atoms with Crippen molar-refractivity contribution in [2.75, 3.05) is 5.75 Å². The van der Waals surface area contributed by atoms with Crippen LogP contribution in [0.5, 0.6) is 0 Å². The highest BCUT2D eigenvalue weighted by Gasteiger charge is 1.96. The first-order valence-corrected chi connectivity index (χ1v) is 4.85. The predicted molar refractivity (Wildman–Crippen MR) is 50.4 cm³/mol. The van der Waals surface area contributed by atoms with Crippen molar-refractivity contribution >= 4 is 23.4 Å². The Morgan fingerprint density at radius 1 is 1.55 bits per heavy atom. The van der Waals surface area contributed by atoms with Crippen LogP contribution in [0, 0.1) is 6.92 Å². The molecule has 60 valence electrons. The summed E-state index contributed by atoms with van der Waals surface area (Å²) in [5.74, 6) is 1.03. The Morgan fingerprint density at radius 3 is 2.82 bits per heavy atom. The molecule has 3 heteroatoms. The van der Waals surface area contributed by atoms with Crippen LogP contribution in [-0.2, 0) is 0 Å². The lowest BCUT2D eigenvalue weighted by Crippen LogP contribution is -1.83. The lowest BCUT2D eigenvalue weighted by Gasteiger charge is -1.99. The average molecular weight is 188 g/mol. The summed E-state index contributed by atoms with van der Waals surface area (Å²) >= 11 is 7.47. The lowest BCUT2D eigenvalue weighted by atomic mass is 10.3. The maximum absolute atomic E-state index is 5.76. The van der Waals surface area contributed by atoms with Gasteiger partial charge in [-0.3, -0.25) is 0 Å². The van der Waals surface area contributed by atoms with Gasteiger partial charge in [0.1, 0.15) is 5.15 Å². The Labute approximate surface area is 76.2 Å². The van der Waals surface area contributed by atoms with Crippen molar-refractivity contribution in [3.8, 4) is 0 Å². The Kier molecular flexibility index (Phi) is 3.21. The van der Waals surface area contributed by atoms with Gasteiger partial charge in [-0.15, -0.1) is 11.8 Å². The van der Waals surface area contributed by atoms with Gasteiger partial charge in [0, 0.05) is 0 Å². The number of thioether (sulfide) groups is 1. The molecule has 0 saturated heterocycles. The number of hydrogen-bond acceptors (Lipinski definition) is 2. The molecule has 0 N–H and O–H groups in total. The highest BCUT2D eigenvalue weighted by molar-refractivity contribution is 7.99. The summed E-state index contributed by atoms with van der Waals surface area (Å²) in [5.41, 5.74) is 1.17. The van der Waals surface area contributed by atoms with E-state index in [9.17, 15) is 0 Å². The largest absolute Gasteiger partial charge is 0.230 e. The zero-order valence-corrected chi connectivity index (χ0v) is 8.17. The van der Waals surface area contributed by atoms with Gasteiger partial charge >= 0.3 is 0 Å². The van der Waals surface area contributed by atoms with Crippen molar-refractivity contribution in [3.05, 3.63) is 22.8 Å². The van der Waals surface area contributed by atoms with Crippen LogP contribution in [0.1, 0.15) is 12.5 Å². The molecule has 1 rings (SSSR count). The van der Waals surface area contributed by atoms with Crippen molar-refractivity contribution in [2.24, 2.45) is 0 Å². The summed E-state index contributed by atoms with van der Waals surface area (Å²) in [6.07, 6.45) is 0. The van der Waals surface area contributed by atoms with E-state index in [0.717, 1.165) is 10.8 Å². The Hall–Kier alpha value is -0.210. The number of nitrogens with zero attached hydrogens (tertiary/aromatic N) is 1. The number of pyridine rings is 1. The topological polar surface area (TPSA) is 12.9 Å². The monoisotopic (exact) mass is 187 g/mol. The van der Waals surface area contributed by atoms with Crippen LogP contribution in [0.4, 0.5) is 0 Å². The Morgan fingerprint density at radius 2 is 2.27 bits per heavy atom. The Bertz CT molecular complexity index is 230. The molecule has 0 aliphatic rings. The van der Waals surface area contributed by atoms with E-state index >= 15 is 0 Å². The molecule has 1 heterocycles. The van der Waals surface area contributed by atoms with Crippen LogP contribution in [-0.4, -0.2) is 10.7 Å². The second-order valence-corrected chi connectivity index (χ2v) is 3.91. The smallest absolute Gasteiger partial charge is 0.130 e. The summed E-state index contributed by atoms with van der Waals surface area (Å²) in [6, 6.07) is 3.90. The first-order valence-electron chi connectivity index (χ1n) is 3.49. The third kappa shape index (κ3) is 2.72. The average Bonchev–Trinajstić information content (AvgIpc) is 1.85. The number of aryl methyl sites for hydroxylation is 1. The molecule has 0 aliphatic carbocycles. The zero-order chi connectivity index (χ0) is 8.27. The van der Waals surface area contributed by atoms with Crippen LogP contribution < -0.4 is 0 Å². The van der Waals surface area contributed by atoms with Crippen LogP contribution >= 0.6 is 23.4 Å². The van der Waals surface area contributed by atoms with Crippen molar-refractivity contribution in [3.63, 3.8) is 0 Å². The van der Waals surface area contributed by atoms with E-state index in [2.05, 4.69) is 11.9 Å². The molecule has 1 aromatic heterocycles. The quantitative estimate of drug-likeness (QED) is 0.521. The first-order chi connectivity index (χ1) is 5.22. The van der Waals surface area contributed by atoms with Gasteiger partial charge in [-0.05, 0) is 30.4 Å². The SMILES string of the molecule is CCSc1cc(C)cc(Cl)n1. The highest BCUT2D eigenvalue weighted by Crippen LogP contribution is 2.19. The normalized spacial score (nSPS) is 10.1. The molecule has 0 atom stereocenters. The van der Waals surface area contributed by atoms with E-state index in [1.54, 1.807) is 11.8 Å². The minimum Gasteiger partial charge on any atom is -0.230 e. The summed E-state index contributed by atoms with van der Waals surface area (Å²) < 4.78 is 0. The van der Waals surface area contributed by atoms with Gasteiger partial charge in [0.25, 0.3) is 0 Å². The second kappa shape index (κ2) is 3.98. The molecule has 11 heavy (non-hydrogen) atoms. The molecule has 1 nitrogen and oxygen atoms in total. The maximum Gasteiger partial charge on any atom is 0.130 e. The summed E-state index contributed by atoms with van der Waals surface area (Å²) in [5, 5.41) is 1.60. The molecule has 0 radical (unpaired) electrons. The molecule has 0 aromatic carbocycles. The molecule has 0 unspecified atom stereocenters. The number of aromatic nitrogens is 1. The molecular weight excluding hydrogens is 178 g/mol. The van der Waals surface area contributed by atoms with Gasteiger partial charge in [-0.25, -0.2) is 4.98 Å². The number of hydrogen-bond donors (Lipinski definition) is 0. The van der Waals surface area contributed by atoms with Crippen molar-refractivity contribution < 1.29 is 0 Å². The van der Waals surface area contributed by atoms with E-state index < -0.39 is 0 Å². The standard InChI is InChI=1S/C8H10ClNS/c1-3-11-8-5-6(2)4-7(9)10-8/h4-5H,3H2,1-2H3. The molecule has 0 amide bonds. The molecule has 0 bridgehead atoms. The zero-order valence-electron chi connectivity index (χ0n) is 6.60. The lowest BCUT2D eigenvalue weighted by molar-refractivity contribution is 1.11. The van der Waals surface area contributed by atoms with Crippen molar-refractivity contribution in [1.82, 2.24) is 4.98 Å². The van der Waals surface area contributed by atoms with Crippen LogP contribution in [0.25, 0.3) is 0 Å². The van der Waals surface area contributed by atoms with Crippen LogP contribution in [0.3, 0.4) is 0 Å². The van der Waals surface area contributed by atoms with E-state index in [1.165, 1.54) is 5.56 Å². The number of halogens is 1. The molecule has 1 aromatic rings. The molecular formula is C8H10ClNS. The fourth-order valence-corrected chi connectivity index (χ4v) is 1.86. The highest BCUT2D eigenvalue weighted by atomic mass is 35.5. The van der Waals surface area contributed by atoms with Crippen LogP contribution in [0.15, 0.2) is 17.2 Å². The summed E-state index contributed by atoms with van der Waals surface area (Å²) in [7, 11) is 0.